The van der Waals surface area contributed by atoms with Gasteiger partial charge in [0.05, 0.1) is 5.60 Å². The normalized spacial score (nSPS) is 18.0. The van der Waals surface area contributed by atoms with Gasteiger partial charge in [-0.1, -0.05) is 32.1 Å². The Kier molecular flexibility index (Phi) is 4.71. The maximum Gasteiger partial charge on any atom is 0.0563 e. The molecule has 10 heavy (non-hydrogen) atoms. The zero-order chi connectivity index (χ0) is 8.04. The van der Waals surface area contributed by atoms with Gasteiger partial charge in [0.2, 0.25) is 0 Å². The van der Waals surface area contributed by atoms with Gasteiger partial charge in [-0.25, -0.2) is 0 Å². The summed E-state index contributed by atoms with van der Waals surface area (Å²) in [5, 5.41) is 8.52. The van der Waals surface area contributed by atoms with Gasteiger partial charge >= 0.3 is 0 Å². The van der Waals surface area contributed by atoms with Gasteiger partial charge in [0.15, 0.2) is 0 Å². The van der Waals surface area contributed by atoms with Crippen molar-refractivity contribution >= 4 is 0 Å². The highest BCUT2D eigenvalue weighted by atomic mass is 16.3. The molecule has 1 aliphatic carbocycles. The van der Waals surface area contributed by atoms with Gasteiger partial charge in [-0.3, -0.25) is 0 Å². The van der Waals surface area contributed by atoms with Crippen LogP contribution < -0.4 is 0 Å². The topological polar surface area (TPSA) is 20.2 Å². The lowest BCUT2D eigenvalue weighted by atomic mass is 10.2. The molecule has 1 heteroatoms. The summed E-state index contributed by atoms with van der Waals surface area (Å²) in [6, 6.07) is 0. The third-order valence-electron chi connectivity index (χ3n) is 1.25. The van der Waals surface area contributed by atoms with Crippen molar-refractivity contribution in [1.82, 2.24) is 0 Å². The third kappa shape index (κ3) is 15.7. The fraction of sp³-hybridized carbons (Fsp3) is 1.00. The molecule has 1 aliphatic rings. The summed E-state index contributed by atoms with van der Waals surface area (Å²) in [5.74, 6) is 0. The lowest BCUT2D eigenvalue weighted by molar-refractivity contribution is 0.102. The molecule has 0 spiro atoms. The molecule has 0 aliphatic heterocycles. The van der Waals surface area contributed by atoms with Gasteiger partial charge in [0.25, 0.3) is 0 Å². The maximum absolute atomic E-state index is 8.52. The van der Waals surface area contributed by atoms with Crippen LogP contribution in [0.4, 0.5) is 0 Å². The quantitative estimate of drug-likeness (QED) is 0.554. The second-order valence-corrected chi connectivity index (χ2v) is 3.94. The Labute approximate surface area is 64.5 Å². The van der Waals surface area contributed by atoms with E-state index >= 15 is 0 Å². The first kappa shape index (κ1) is 9.96. The number of hydrogen-bond donors (Lipinski definition) is 1. The van der Waals surface area contributed by atoms with Crippen LogP contribution in [-0.4, -0.2) is 10.7 Å². The molecule has 0 aromatic heterocycles. The van der Waals surface area contributed by atoms with Crippen LogP contribution in [0.3, 0.4) is 0 Å². The molecule has 1 saturated carbocycles. The summed E-state index contributed by atoms with van der Waals surface area (Å²) in [4.78, 5) is 0. The predicted molar refractivity (Wildman–Crippen MR) is 45.1 cm³/mol. The summed E-state index contributed by atoms with van der Waals surface area (Å²) >= 11 is 0. The van der Waals surface area contributed by atoms with Crippen LogP contribution in [0.2, 0.25) is 0 Å². The Morgan fingerprint density at radius 1 is 0.800 bits per heavy atom. The average molecular weight is 144 g/mol. The first-order valence-electron chi connectivity index (χ1n) is 4.22. The standard InChI is InChI=1S/C5H10.C4H10O/c1-2-4-5-3-1;1-4(2,3)5/h1-5H2;5H,1-3H3. The largest absolute Gasteiger partial charge is 0.391 e. The fourth-order valence-corrected chi connectivity index (χ4v) is 0.884. The number of hydrogen-bond acceptors (Lipinski definition) is 1. The highest BCUT2D eigenvalue weighted by molar-refractivity contribution is 4.51. The van der Waals surface area contributed by atoms with Crippen molar-refractivity contribution in [2.45, 2.75) is 58.5 Å². The Balaban J connectivity index is 0.000000162. The summed E-state index contributed by atoms with van der Waals surface area (Å²) in [6.45, 7) is 5.23. The molecule has 0 bridgehead atoms. The molecule has 0 atom stereocenters. The minimum Gasteiger partial charge on any atom is -0.391 e. The molecule has 0 amide bonds. The summed E-state index contributed by atoms with van der Waals surface area (Å²) in [7, 11) is 0. The lowest BCUT2D eigenvalue weighted by Crippen LogP contribution is -2.10. The van der Waals surface area contributed by atoms with E-state index in [1.165, 1.54) is 32.1 Å². The van der Waals surface area contributed by atoms with Crippen molar-refractivity contribution in [1.29, 1.82) is 0 Å². The van der Waals surface area contributed by atoms with E-state index in [0.717, 1.165) is 0 Å². The highest BCUT2D eigenvalue weighted by Crippen LogP contribution is 2.15. The Morgan fingerprint density at radius 2 is 0.900 bits per heavy atom. The van der Waals surface area contributed by atoms with Gasteiger partial charge in [-0.05, 0) is 20.8 Å². The Bertz CT molecular complexity index is 53.7. The zero-order valence-electron chi connectivity index (χ0n) is 7.48. The molecule has 1 rings (SSSR count). The molecule has 0 aromatic rings. The molecule has 62 valence electrons. The van der Waals surface area contributed by atoms with E-state index < -0.39 is 5.60 Å². The molecule has 0 aromatic carbocycles. The molecular formula is C9H20O. The molecule has 1 nitrogen and oxygen atoms in total. The lowest BCUT2D eigenvalue weighted by Gasteiger charge is -2.04. The highest BCUT2D eigenvalue weighted by Gasteiger charge is 1.97. The first-order valence-corrected chi connectivity index (χ1v) is 4.22. The van der Waals surface area contributed by atoms with Gasteiger partial charge < -0.3 is 5.11 Å². The molecule has 0 saturated heterocycles. The van der Waals surface area contributed by atoms with Crippen LogP contribution in [-0.2, 0) is 0 Å². The van der Waals surface area contributed by atoms with E-state index in [-0.39, 0.29) is 0 Å². The van der Waals surface area contributed by atoms with E-state index in [0.29, 0.717) is 0 Å². The molecular weight excluding hydrogens is 124 g/mol. The molecule has 1 N–H and O–H groups in total. The van der Waals surface area contributed by atoms with Crippen molar-refractivity contribution in [3.63, 3.8) is 0 Å². The fourth-order valence-electron chi connectivity index (χ4n) is 0.884. The average Bonchev–Trinajstić information content (AvgIpc) is 2.07. The van der Waals surface area contributed by atoms with E-state index in [1.54, 1.807) is 20.8 Å². The van der Waals surface area contributed by atoms with Gasteiger partial charge in [-0.2, -0.15) is 0 Å². The van der Waals surface area contributed by atoms with E-state index in [1.807, 2.05) is 0 Å². The van der Waals surface area contributed by atoms with E-state index in [2.05, 4.69) is 0 Å². The molecule has 1 fully saturated rings. The second-order valence-electron chi connectivity index (χ2n) is 3.94. The molecule has 0 unspecified atom stereocenters. The van der Waals surface area contributed by atoms with Crippen LogP contribution in [0.1, 0.15) is 52.9 Å². The summed E-state index contributed by atoms with van der Waals surface area (Å²) in [5.41, 5.74) is -0.500. The van der Waals surface area contributed by atoms with Crippen LogP contribution in [0, 0.1) is 0 Å². The maximum atomic E-state index is 8.52. The molecule has 0 heterocycles. The minimum atomic E-state index is -0.500. The Hall–Kier alpha value is -0.0400. The SMILES string of the molecule is C1CCCC1.CC(C)(C)O. The minimum absolute atomic E-state index is 0.500. The second kappa shape index (κ2) is 4.73. The van der Waals surface area contributed by atoms with Gasteiger partial charge in [0, 0.05) is 0 Å². The van der Waals surface area contributed by atoms with Crippen molar-refractivity contribution in [2.24, 2.45) is 0 Å². The van der Waals surface area contributed by atoms with Crippen LogP contribution in [0.5, 0.6) is 0 Å². The van der Waals surface area contributed by atoms with Crippen LogP contribution in [0.25, 0.3) is 0 Å². The summed E-state index contributed by atoms with van der Waals surface area (Å²) in [6.07, 6.45) is 7.50. The van der Waals surface area contributed by atoms with Crippen molar-refractivity contribution < 1.29 is 5.11 Å². The summed E-state index contributed by atoms with van der Waals surface area (Å²) < 4.78 is 0. The third-order valence-corrected chi connectivity index (χ3v) is 1.25. The van der Waals surface area contributed by atoms with Crippen molar-refractivity contribution in [3.05, 3.63) is 0 Å². The predicted octanol–water partition coefficient (Wildman–Crippen LogP) is 2.73. The Morgan fingerprint density at radius 3 is 1.00 bits per heavy atom. The van der Waals surface area contributed by atoms with E-state index in [9.17, 15) is 0 Å². The van der Waals surface area contributed by atoms with Crippen molar-refractivity contribution in [3.8, 4) is 0 Å². The van der Waals surface area contributed by atoms with Gasteiger partial charge in [-0.15, -0.1) is 0 Å². The van der Waals surface area contributed by atoms with Crippen molar-refractivity contribution in [2.75, 3.05) is 0 Å². The van der Waals surface area contributed by atoms with Crippen LogP contribution >= 0.6 is 0 Å². The van der Waals surface area contributed by atoms with E-state index in [4.69, 9.17) is 5.11 Å². The number of rotatable bonds is 0. The first-order chi connectivity index (χ1) is 4.50. The smallest absolute Gasteiger partial charge is 0.0563 e. The molecule has 0 radical (unpaired) electrons. The van der Waals surface area contributed by atoms with Gasteiger partial charge in [0.1, 0.15) is 0 Å². The van der Waals surface area contributed by atoms with Crippen LogP contribution in [0.15, 0.2) is 0 Å². The zero-order valence-corrected chi connectivity index (χ0v) is 7.48. The number of aliphatic hydroxyl groups is 1. The monoisotopic (exact) mass is 144 g/mol.